The molecule has 3 aromatic rings. The van der Waals surface area contributed by atoms with Gasteiger partial charge in [-0.3, -0.25) is 14.5 Å². The highest BCUT2D eigenvalue weighted by Gasteiger charge is 2.49. The number of esters is 1. The lowest BCUT2D eigenvalue weighted by Gasteiger charge is -2.23. The highest BCUT2D eigenvalue weighted by molar-refractivity contribution is 7.17. The number of ketones is 1. The quantitative estimate of drug-likeness (QED) is 0.222. The molecule has 1 aromatic heterocycles. The summed E-state index contributed by atoms with van der Waals surface area (Å²) in [5, 5.41) is 11.2. The maximum absolute atomic E-state index is 15.0. The molecule has 1 amide bonds. The van der Waals surface area contributed by atoms with Gasteiger partial charge in [-0.25, -0.2) is 14.2 Å². The van der Waals surface area contributed by atoms with Gasteiger partial charge in [0.25, 0.3) is 5.78 Å². The van der Waals surface area contributed by atoms with Crippen LogP contribution in [0.25, 0.3) is 5.76 Å². The smallest absolute Gasteiger partial charge is 0.350 e. The first-order valence-electron chi connectivity index (χ1n) is 11.0. The van der Waals surface area contributed by atoms with E-state index in [9.17, 15) is 19.5 Å². The molecule has 0 spiro atoms. The highest BCUT2D eigenvalue weighted by atomic mass is 32.1. The number of carbonyl (C=O) groups excluding carboxylic acids is 3. The number of rotatable bonds is 6. The first kappa shape index (κ1) is 25.1. The number of hydrogen-bond donors (Lipinski definition) is 1. The van der Waals surface area contributed by atoms with Crippen LogP contribution in [0.4, 0.5) is 9.52 Å². The van der Waals surface area contributed by atoms with Gasteiger partial charge in [0.1, 0.15) is 28.2 Å². The Morgan fingerprint density at radius 1 is 1.19 bits per heavy atom. The molecule has 0 saturated carbocycles. The Bertz CT molecular complexity index is 1410. The summed E-state index contributed by atoms with van der Waals surface area (Å²) in [5.74, 6) is -3.19. The molecule has 0 bridgehead atoms. The molecule has 2 heterocycles. The van der Waals surface area contributed by atoms with Crippen molar-refractivity contribution in [3.63, 3.8) is 0 Å². The fourth-order valence-electron chi connectivity index (χ4n) is 4.07. The van der Waals surface area contributed by atoms with Crippen LogP contribution in [0.2, 0.25) is 0 Å². The molecule has 0 unspecified atom stereocenters. The lowest BCUT2D eigenvalue weighted by atomic mass is 9.94. The number of halogens is 1. The number of benzene rings is 2. The minimum atomic E-state index is -1.31. The van der Waals surface area contributed by atoms with Gasteiger partial charge in [-0.2, -0.15) is 0 Å². The molecule has 0 aliphatic carbocycles. The Labute approximate surface area is 210 Å². The van der Waals surface area contributed by atoms with Crippen molar-refractivity contribution in [2.45, 2.75) is 26.8 Å². The van der Waals surface area contributed by atoms with Crippen molar-refractivity contribution in [2.75, 3.05) is 18.6 Å². The van der Waals surface area contributed by atoms with Crippen molar-refractivity contribution >= 4 is 39.9 Å². The third kappa shape index (κ3) is 4.24. The zero-order valence-electron chi connectivity index (χ0n) is 20.0. The summed E-state index contributed by atoms with van der Waals surface area (Å²) < 4.78 is 25.3. The Kier molecular flexibility index (Phi) is 6.89. The summed E-state index contributed by atoms with van der Waals surface area (Å²) in [6.07, 6.45) is 0. The largest absolute Gasteiger partial charge is 0.507 e. The third-order valence-electron chi connectivity index (χ3n) is 5.76. The molecule has 10 heteroatoms. The van der Waals surface area contributed by atoms with Crippen LogP contribution < -0.4 is 9.64 Å². The summed E-state index contributed by atoms with van der Waals surface area (Å²) >= 11 is 0.856. The molecule has 36 heavy (non-hydrogen) atoms. The van der Waals surface area contributed by atoms with Crippen LogP contribution in [0.5, 0.6) is 5.75 Å². The summed E-state index contributed by atoms with van der Waals surface area (Å²) in [4.78, 5) is 44.4. The van der Waals surface area contributed by atoms with Crippen LogP contribution in [0.15, 0.2) is 48.0 Å². The number of hydrogen-bond acceptors (Lipinski definition) is 8. The maximum Gasteiger partial charge on any atom is 0.350 e. The molecular formula is C26H23FN2O6S. The van der Waals surface area contributed by atoms with Crippen molar-refractivity contribution in [3.05, 3.63) is 81.1 Å². The van der Waals surface area contributed by atoms with Gasteiger partial charge in [0.05, 0.1) is 25.0 Å². The fourth-order valence-corrected chi connectivity index (χ4v) is 5.06. The van der Waals surface area contributed by atoms with E-state index in [1.807, 2.05) is 0 Å². The van der Waals surface area contributed by atoms with Gasteiger partial charge in [0, 0.05) is 11.1 Å². The number of amides is 1. The van der Waals surface area contributed by atoms with Crippen molar-refractivity contribution < 1.29 is 33.4 Å². The van der Waals surface area contributed by atoms with E-state index in [-0.39, 0.29) is 33.3 Å². The molecule has 1 fully saturated rings. The number of thiazole rings is 1. The average molecular weight is 511 g/mol. The van der Waals surface area contributed by atoms with Gasteiger partial charge >= 0.3 is 11.9 Å². The van der Waals surface area contributed by atoms with E-state index in [4.69, 9.17) is 9.47 Å². The predicted octanol–water partition coefficient (Wildman–Crippen LogP) is 4.71. The number of nitrogens with zero attached hydrogens (tertiary/aromatic N) is 2. The highest BCUT2D eigenvalue weighted by Crippen LogP contribution is 2.44. The third-order valence-corrected chi connectivity index (χ3v) is 6.90. The number of carbonyl (C=O) groups is 3. The predicted molar refractivity (Wildman–Crippen MR) is 132 cm³/mol. The number of aryl methyl sites for hydroxylation is 2. The minimum absolute atomic E-state index is 0.00554. The number of aliphatic hydroxyl groups excluding tert-OH is 1. The monoisotopic (exact) mass is 510 g/mol. The second-order valence-electron chi connectivity index (χ2n) is 8.01. The zero-order chi connectivity index (χ0) is 26.1. The molecule has 1 atom stereocenters. The summed E-state index contributed by atoms with van der Waals surface area (Å²) in [7, 11) is 1.51. The molecule has 186 valence electrons. The molecule has 2 aromatic carbocycles. The van der Waals surface area contributed by atoms with E-state index in [1.54, 1.807) is 45.0 Å². The molecule has 1 N–H and O–H groups in total. The first-order chi connectivity index (χ1) is 17.2. The van der Waals surface area contributed by atoms with E-state index in [2.05, 4.69) is 4.98 Å². The van der Waals surface area contributed by atoms with Crippen LogP contribution in [-0.4, -0.2) is 41.5 Å². The second-order valence-corrected chi connectivity index (χ2v) is 8.98. The van der Waals surface area contributed by atoms with Crippen LogP contribution >= 0.6 is 11.3 Å². The maximum atomic E-state index is 15.0. The van der Waals surface area contributed by atoms with E-state index >= 15 is 4.39 Å². The Morgan fingerprint density at radius 2 is 1.92 bits per heavy atom. The van der Waals surface area contributed by atoms with Crippen LogP contribution in [0.3, 0.4) is 0 Å². The molecule has 1 aliphatic rings. The fraction of sp³-hybridized carbons (Fsp3) is 0.231. The van der Waals surface area contributed by atoms with Crippen LogP contribution in [-0.2, 0) is 14.3 Å². The van der Waals surface area contributed by atoms with Gasteiger partial charge < -0.3 is 14.6 Å². The van der Waals surface area contributed by atoms with Gasteiger partial charge in [-0.15, -0.1) is 0 Å². The van der Waals surface area contributed by atoms with E-state index in [1.165, 1.54) is 25.3 Å². The van der Waals surface area contributed by atoms with Gasteiger partial charge in [0.15, 0.2) is 5.13 Å². The lowest BCUT2D eigenvalue weighted by molar-refractivity contribution is -0.132. The standard InChI is InChI=1S/C26H23FN2O6S/c1-5-35-25(33)23-14(3)28-26(36-23)29-20(16-8-6-7-9-17(16)27)19(22(31)24(29)32)21(30)15-10-11-18(34-4)13(2)12-15/h6-12,20,30H,5H2,1-4H3/t20-/m0/s1. The lowest BCUT2D eigenvalue weighted by Crippen LogP contribution is -2.29. The van der Waals surface area contributed by atoms with Gasteiger partial charge in [-0.1, -0.05) is 29.5 Å². The second kappa shape index (κ2) is 9.90. The van der Waals surface area contributed by atoms with Gasteiger partial charge in [-0.05, 0) is 50.6 Å². The topological polar surface area (TPSA) is 106 Å². The van der Waals surface area contributed by atoms with E-state index < -0.39 is 35.3 Å². The summed E-state index contributed by atoms with van der Waals surface area (Å²) in [5.41, 5.74) is 0.950. The Balaban J connectivity index is 1.93. The SMILES string of the molecule is CCOC(=O)c1sc(N2C(=O)C(=O)C(=C(O)c3ccc(OC)c(C)c3)[C@@H]2c2ccccc2F)nc1C. The van der Waals surface area contributed by atoms with Crippen molar-refractivity contribution in [1.29, 1.82) is 0 Å². The van der Waals surface area contributed by atoms with Gasteiger partial charge in [0.2, 0.25) is 0 Å². The summed E-state index contributed by atoms with van der Waals surface area (Å²) in [6.45, 7) is 5.14. The Hall–Kier alpha value is -4.05. The molecule has 8 nitrogen and oxygen atoms in total. The first-order valence-corrected chi connectivity index (χ1v) is 11.9. The molecule has 1 saturated heterocycles. The van der Waals surface area contributed by atoms with Crippen molar-refractivity contribution in [3.8, 4) is 5.75 Å². The average Bonchev–Trinajstić information content (AvgIpc) is 3.36. The van der Waals surface area contributed by atoms with Crippen LogP contribution in [0, 0.1) is 19.7 Å². The summed E-state index contributed by atoms with van der Waals surface area (Å²) in [6, 6.07) is 9.12. The van der Waals surface area contributed by atoms with Crippen molar-refractivity contribution in [1.82, 2.24) is 4.98 Å². The number of Topliss-reactive ketones (excluding diaryl/α,β-unsaturated/α-hetero) is 1. The zero-order valence-corrected chi connectivity index (χ0v) is 20.8. The number of methoxy groups -OCH3 is 1. The minimum Gasteiger partial charge on any atom is -0.507 e. The van der Waals surface area contributed by atoms with E-state index in [0.29, 0.717) is 17.0 Å². The molecule has 4 rings (SSSR count). The molecule has 0 radical (unpaired) electrons. The molecule has 1 aliphatic heterocycles. The van der Waals surface area contributed by atoms with E-state index in [0.717, 1.165) is 16.2 Å². The van der Waals surface area contributed by atoms with Crippen LogP contribution in [0.1, 0.15) is 45.0 Å². The Morgan fingerprint density at radius 3 is 2.56 bits per heavy atom. The number of ether oxygens (including phenoxy) is 2. The number of aromatic nitrogens is 1. The molecular weight excluding hydrogens is 487 g/mol. The normalized spacial score (nSPS) is 16.9. The number of aliphatic hydroxyl groups is 1. The van der Waals surface area contributed by atoms with Crippen molar-refractivity contribution in [2.24, 2.45) is 0 Å². The number of anilines is 1.